The predicted octanol–water partition coefficient (Wildman–Crippen LogP) is 5.81. The molecule has 6 rings (SSSR count). The van der Waals surface area contributed by atoms with Gasteiger partial charge in [0.1, 0.15) is 25.0 Å². The molecule has 5 aromatic rings. The van der Waals surface area contributed by atoms with Crippen LogP contribution in [0.25, 0.3) is 11.0 Å². The highest BCUT2D eigenvalue weighted by Crippen LogP contribution is 2.37. The summed E-state index contributed by atoms with van der Waals surface area (Å²) < 4.78 is 34.9. The number of ether oxygens (including phenoxy) is 5. The van der Waals surface area contributed by atoms with Crippen molar-refractivity contribution in [1.29, 1.82) is 0 Å². The summed E-state index contributed by atoms with van der Waals surface area (Å²) in [7, 11) is 1.56. The first-order valence-electron chi connectivity index (χ1n) is 14.9. The fraction of sp³-hybridized carbons (Fsp3) is 0.314. The smallest absolute Gasteiger partial charge is 0.265 e. The Balaban J connectivity index is 1.35. The van der Waals surface area contributed by atoms with E-state index in [9.17, 15) is 4.79 Å². The molecular formula is C35H37N3O6S. The summed E-state index contributed by atoms with van der Waals surface area (Å²) in [5, 5.41) is 1.02. The molecule has 10 heteroatoms. The van der Waals surface area contributed by atoms with Crippen LogP contribution in [0.2, 0.25) is 0 Å². The fourth-order valence-electron chi connectivity index (χ4n) is 5.56. The van der Waals surface area contributed by atoms with Crippen LogP contribution in [0.5, 0.6) is 0 Å². The second-order valence-electron chi connectivity index (χ2n) is 10.8. The van der Waals surface area contributed by atoms with Gasteiger partial charge in [0.2, 0.25) is 0 Å². The van der Waals surface area contributed by atoms with Gasteiger partial charge in [-0.05, 0) is 29.0 Å². The maximum Gasteiger partial charge on any atom is 0.265 e. The lowest BCUT2D eigenvalue weighted by atomic mass is 10.1. The predicted molar refractivity (Wildman–Crippen MR) is 173 cm³/mol. The summed E-state index contributed by atoms with van der Waals surface area (Å²) in [6.45, 7) is 1.58. The third kappa shape index (κ3) is 7.22. The molecule has 1 aliphatic heterocycles. The summed E-state index contributed by atoms with van der Waals surface area (Å²) >= 11 is 1.38. The first-order valence-corrected chi connectivity index (χ1v) is 16.1. The molecule has 0 aliphatic carbocycles. The average molecular weight is 628 g/mol. The van der Waals surface area contributed by atoms with Crippen LogP contribution >= 0.6 is 11.8 Å². The lowest BCUT2D eigenvalue weighted by Gasteiger charge is -2.26. The minimum atomic E-state index is -0.628. The number of methoxy groups -OCH3 is 1. The van der Waals surface area contributed by atoms with Gasteiger partial charge in [-0.25, -0.2) is 4.98 Å². The number of hydrogen-bond acceptors (Lipinski definition) is 8. The molecule has 0 radical (unpaired) electrons. The van der Waals surface area contributed by atoms with Gasteiger partial charge in [-0.1, -0.05) is 103 Å². The van der Waals surface area contributed by atoms with E-state index in [0.717, 1.165) is 16.7 Å². The Hall–Kier alpha value is -3.77. The molecule has 0 saturated carbocycles. The zero-order chi connectivity index (χ0) is 31.0. The first kappa shape index (κ1) is 31.2. The maximum atomic E-state index is 13.5. The van der Waals surface area contributed by atoms with Gasteiger partial charge in [0, 0.05) is 13.3 Å². The number of rotatable bonds is 14. The van der Waals surface area contributed by atoms with E-state index in [1.807, 2.05) is 108 Å². The Morgan fingerprint density at radius 2 is 1.38 bits per heavy atom. The first-order chi connectivity index (χ1) is 22.2. The summed E-state index contributed by atoms with van der Waals surface area (Å²) in [6.07, 6.45) is 1.65. The highest BCUT2D eigenvalue weighted by atomic mass is 32.2. The van der Waals surface area contributed by atoms with Gasteiger partial charge in [-0.2, -0.15) is 0 Å². The summed E-state index contributed by atoms with van der Waals surface area (Å²) in [4.78, 5) is 18.4. The van der Waals surface area contributed by atoms with Crippen LogP contribution in [-0.2, 0) is 50.2 Å². The van der Waals surface area contributed by atoms with Crippen molar-refractivity contribution in [3.63, 3.8) is 0 Å². The van der Waals surface area contributed by atoms with Crippen LogP contribution in [0.15, 0.2) is 113 Å². The third-order valence-electron chi connectivity index (χ3n) is 7.76. The van der Waals surface area contributed by atoms with Crippen LogP contribution in [0.1, 0.15) is 22.9 Å². The molecule has 234 valence electrons. The second-order valence-corrected chi connectivity index (χ2v) is 11.6. The Bertz CT molecular complexity index is 1710. The summed E-state index contributed by atoms with van der Waals surface area (Å²) in [5.41, 5.74) is 3.49. The molecule has 0 unspecified atom stereocenters. The minimum absolute atomic E-state index is 0.113. The molecule has 1 saturated heterocycles. The quantitative estimate of drug-likeness (QED) is 0.113. The second kappa shape index (κ2) is 15.0. The van der Waals surface area contributed by atoms with Crippen LogP contribution < -0.4 is 5.56 Å². The monoisotopic (exact) mass is 627 g/mol. The Morgan fingerprint density at radius 1 is 0.800 bits per heavy atom. The highest BCUT2D eigenvalue weighted by Gasteiger charge is 2.48. The molecule has 9 nitrogen and oxygen atoms in total. The topological polar surface area (TPSA) is 86.0 Å². The molecular weight excluding hydrogens is 590 g/mol. The SMILES string of the molecule is COCn1c(SC)nc2c(ccn2[C@@H]2O[C@H](COCc3ccccc3)[C@@H](OCc3ccccc3)[C@@H]2OCc2ccccc2)c1=O. The van der Waals surface area contributed by atoms with Crippen molar-refractivity contribution in [2.24, 2.45) is 0 Å². The van der Waals surface area contributed by atoms with Crippen LogP contribution in [-0.4, -0.2) is 52.4 Å². The number of thioether (sulfide) groups is 1. The normalized spacial score (nSPS) is 19.8. The summed E-state index contributed by atoms with van der Waals surface area (Å²) in [5.74, 6) is 0. The van der Waals surface area contributed by atoms with Gasteiger partial charge < -0.3 is 28.3 Å². The zero-order valence-electron chi connectivity index (χ0n) is 25.4. The molecule has 0 bridgehead atoms. The molecule has 45 heavy (non-hydrogen) atoms. The van der Waals surface area contributed by atoms with Crippen molar-refractivity contribution in [3.8, 4) is 0 Å². The highest BCUT2D eigenvalue weighted by molar-refractivity contribution is 7.98. The molecule has 0 N–H and O–H groups in total. The van der Waals surface area contributed by atoms with Gasteiger partial charge in [0.05, 0.1) is 31.8 Å². The molecule has 4 atom stereocenters. The van der Waals surface area contributed by atoms with E-state index < -0.39 is 24.5 Å². The van der Waals surface area contributed by atoms with E-state index >= 15 is 0 Å². The Kier molecular flexibility index (Phi) is 10.4. The van der Waals surface area contributed by atoms with Crippen molar-refractivity contribution < 1.29 is 23.7 Å². The third-order valence-corrected chi connectivity index (χ3v) is 8.44. The minimum Gasteiger partial charge on any atom is -0.374 e. The van der Waals surface area contributed by atoms with Crippen LogP contribution in [0.3, 0.4) is 0 Å². The number of nitrogens with zero attached hydrogens (tertiary/aromatic N) is 3. The molecule has 1 aliphatic rings. The van der Waals surface area contributed by atoms with Crippen molar-refractivity contribution in [2.45, 2.75) is 56.2 Å². The number of hydrogen-bond donors (Lipinski definition) is 0. The van der Waals surface area contributed by atoms with E-state index in [1.54, 1.807) is 13.2 Å². The van der Waals surface area contributed by atoms with Gasteiger partial charge in [-0.15, -0.1) is 0 Å². The number of benzene rings is 3. The van der Waals surface area contributed by atoms with Gasteiger partial charge in [0.25, 0.3) is 5.56 Å². The van der Waals surface area contributed by atoms with E-state index in [2.05, 4.69) is 0 Å². The van der Waals surface area contributed by atoms with Crippen LogP contribution in [0, 0.1) is 0 Å². The lowest BCUT2D eigenvalue weighted by Crippen LogP contribution is -2.38. The Labute approximate surface area is 266 Å². The van der Waals surface area contributed by atoms with Gasteiger partial charge in [-0.3, -0.25) is 9.36 Å². The molecule has 3 heterocycles. The van der Waals surface area contributed by atoms with Gasteiger partial charge in [0.15, 0.2) is 17.0 Å². The molecule has 0 spiro atoms. The average Bonchev–Trinajstić information content (AvgIpc) is 3.66. The van der Waals surface area contributed by atoms with Crippen molar-refractivity contribution in [1.82, 2.24) is 14.1 Å². The van der Waals surface area contributed by atoms with E-state index in [-0.39, 0.29) is 12.3 Å². The van der Waals surface area contributed by atoms with E-state index in [4.69, 9.17) is 28.7 Å². The molecule has 0 amide bonds. The standard InChI is InChI=1S/C35H37N3O6S/c1-40-24-38-33(39)28-18-19-37(32(28)36-35(38)45-2)34-31(43-22-27-16-10-5-11-17-27)30(42-21-26-14-8-4-9-15-26)29(44-34)23-41-20-25-12-6-3-7-13-25/h3-19,29-31,34H,20-24H2,1-2H3/t29-,30-,31+,34-/m1/s1. The molecule has 1 fully saturated rings. The van der Waals surface area contributed by atoms with Crippen molar-refractivity contribution in [3.05, 3.63) is 130 Å². The van der Waals surface area contributed by atoms with E-state index in [1.165, 1.54) is 16.3 Å². The zero-order valence-corrected chi connectivity index (χ0v) is 26.2. The lowest BCUT2D eigenvalue weighted by molar-refractivity contribution is -0.0913. The number of fused-ring (bicyclic) bond motifs is 1. The Morgan fingerprint density at radius 3 is 1.96 bits per heavy atom. The van der Waals surface area contributed by atoms with E-state index in [0.29, 0.717) is 42.6 Å². The molecule has 3 aromatic carbocycles. The number of aromatic nitrogens is 3. The summed E-state index contributed by atoms with van der Waals surface area (Å²) in [6, 6.07) is 31.9. The van der Waals surface area contributed by atoms with Gasteiger partial charge >= 0.3 is 0 Å². The van der Waals surface area contributed by atoms with Crippen LogP contribution in [0.4, 0.5) is 0 Å². The van der Waals surface area contributed by atoms with Crippen molar-refractivity contribution >= 4 is 22.8 Å². The van der Waals surface area contributed by atoms with Crippen molar-refractivity contribution in [2.75, 3.05) is 20.0 Å². The molecule has 2 aromatic heterocycles. The largest absolute Gasteiger partial charge is 0.374 e. The fourth-order valence-corrected chi connectivity index (χ4v) is 6.09. The maximum absolute atomic E-state index is 13.5.